The van der Waals surface area contributed by atoms with Crippen molar-refractivity contribution in [1.82, 2.24) is 10.1 Å². The molecule has 4 rings (SSSR count). The van der Waals surface area contributed by atoms with Gasteiger partial charge in [-0.1, -0.05) is 53.2 Å². The molecular formula is C22H18N4O2. The fourth-order valence-electron chi connectivity index (χ4n) is 2.79. The molecule has 0 spiro atoms. The smallest absolute Gasteiger partial charge is 0.323 e. The second kappa shape index (κ2) is 7.75. The predicted molar refractivity (Wildman–Crippen MR) is 109 cm³/mol. The lowest BCUT2D eigenvalue weighted by Crippen LogP contribution is -2.19. The molecule has 1 aromatic heterocycles. The van der Waals surface area contributed by atoms with Crippen LogP contribution >= 0.6 is 0 Å². The van der Waals surface area contributed by atoms with Crippen LogP contribution in [0.2, 0.25) is 0 Å². The molecule has 0 aliphatic rings. The minimum atomic E-state index is -0.322. The van der Waals surface area contributed by atoms with Crippen molar-refractivity contribution in [2.75, 3.05) is 10.6 Å². The summed E-state index contributed by atoms with van der Waals surface area (Å²) in [5.74, 6) is 0.919. The van der Waals surface area contributed by atoms with Crippen LogP contribution in [0, 0.1) is 6.92 Å². The summed E-state index contributed by atoms with van der Waals surface area (Å²) in [5, 5.41) is 9.66. The number of urea groups is 1. The molecule has 0 unspecified atom stereocenters. The molecule has 2 amide bonds. The van der Waals surface area contributed by atoms with Crippen LogP contribution < -0.4 is 10.6 Å². The first-order chi connectivity index (χ1) is 13.7. The second-order valence-corrected chi connectivity index (χ2v) is 6.32. The van der Waals surface area contributed by atoms with E-state index in [-0.39, 0.29) is 6.03 Å². The van der Waals surface area contributed by atoms with Crippen molar-refractivity contribution in [3.05, 3.63) is 84.4 Å². The molecule has 4 aromatic rings. The van der Waals surface area contributed by atoms with Crippen molar-refractivity contribution in [3.63, 3.8) is 0 Å². The largest absolute Gasteiger partial charge is 0.334 e. The van der Waals surface area contributed by atoms with E-state index in [1.54, 1.807) is 12.1 Å². The number of rotatable bonds is 4. The van der Waals surface area contributed by atoms with E-state index in [4.69, 9.17) is 4.52 Å². The summed E-state index contributed by atoms with van der Waals surface area (Å²) in [6.07, 6.45) is 0. The molecule has 0 bridgehead atoms. The van der Waals surface area contributed by atoms with Crippen LogP contribution in [0.1, 0.15) is 5.56 Å². The van der Waals surface area contributed by atoms with Gasteiger partial charge in [0.25, 0.3) is 5.89 Å². The molecular weight excluding hydrogens is 352 g/mol. The maximum absolute atomic E-state index is 12.2. The summed E-state index contributed by atoms with van der Waals surface area (Å²) in [6, 6.07) is 24.1. The average molecular weight is 370 g/mol. The lowest BCUT2D eigenvalue weighted by atomic mass is 10.1. The highest BCUT2D eigenvalue weighted by Crippen LogP contribution is 2.24. The van der Waals surface area contributed by atoms with Gasteiger partial charge in [0.05, 0.1) is 0 Å². The van der Waals surface area contributed by atoms with E-state index in [1.807, 2.05) is 73.7 Å². The molecule has 2 N–H and O–H groups in total. The van der Waals surface area contributed by atoms with Crippen LogP contribution in [0.25, 0.3) is 22.8 Å². The third-order valence-corrected chi connectivity index (χ3v) is 4.10. The number of aromatic nitrogens is 2. The van der Waals surface area contributed by atoms with Crippen molar-refractivity contribution in [3.8, 4) is 22.8 Å². The Morgan fingerprint density at radius 1 is 0.821 bits per heavy atom. The second-order valence-electron chi connectivity index (χ2n) is 6.32. The van der Waals surface area contributed by atoms with Crippen LogP contribution in [-0.2, 0) is 0 Å². The third-order valence-electron chi connectivity index (χ3n) is 4.10. The number of benzene rings is 3. The number of hydrogen-bond acceptors (Lipinski definition) is 4. The van der Waals surface area contributed by atoms with Gasteiger partial charge >= 0.3 is 6.03 Å². The van der Waals surface area contributed by atoms with Crippen molar-refractivity contribution >= 4 is 17.4 Å². The van der Waals surface area contributed by atoms with Crippen molar-refractivity contribution in [2.24, 2.45) is 0 Å². The minimum absolute atomic E-state index is 0.322. The topological polar surface area (TPSA) is 80.0 Å². The average Bonchev–Trinajstić information content (AvgIpc) is 3.19. The molecule has 3 aromatic carbocycles. The lowest BCUT2D eigenvalue weighted by Gasteiger charge is -2.08. The van der Waals surface area contributed by atoms with Crippen LogP contribution in [0.5, 0.6) is 0 Å². The van der Waals surface area contributed by atoms with Gasteiger partial charge < -0.3 is 15.2 Å². The summed E-state index contributed by atoms with van der Waals surface area (Å²) in [6.45, 7) is 2.01. The number of nitrogens with zero attached hydrogens (tertiary/aromatic N) is 2. The lowest BCUT2D eigenvalue weighted by molar-refractivity contribution is 0.262. The number of amides is 2. The number of para-hydroxylation sites is 1. The van der Waals surface area contributed by atoms with Gasteiger partial charge in [0, 0.05) is 22.5 Å². The zero-order valence-electron chi connectivity index (χ0n) is 15.2. The van der Waals surface area contributed by atoms with E-state index in [1.165, 1.54) is 0 Å². The Morgan fingerprint density at radius 2 is 1.54 bits per heavy atom. The normalized spacial score (nSPS) is 10.5. The highest BCUT2D eigenvalue weighted by molar-refractivity contribution is 6.00. The molecule has 0 atom stereocenters. The molecule has 0 aliphatic carbocycles. The zero-order valence-corrected chi connectivity index (χ0v) is 15.2. The molecule has 0 fully saturated rings. The summed E-state index contributed by atoms with van der Waals surface area (Å²) in [5.41, 5.74) is 4.09. The molecule has 0 radical (unpaired) electrons. The van der Waals surface area contributed by atoms with Gasteiger partial charge in [0.2, 0.25) is 5.82 Å². The Hall–Kier alpha value is -3.93. The van der Waals surface area contributed by atoms with Crippen LogP contribution in [-0.4, -0.2) is 16.2 Å². The summed E-state index contributed by atoms with van der Waals surface area (Å²) in [7, 11) is 0. The molecule has 6 heteroatoms. The Morgan fingerprint density at radius 3 is 2.36 bits per heavy atom. The first-order valence-corrected chi connectivity index (χ1v) is 8.82. The fourth-order valence-corrected chi connectivity index (χ4v) is 2.79. The Kier molecular flexibility index (Phi) is 4.84. The molecule has 1 heterocycles. The zero-order chi connectivity index (χ0) is 19.3. The Balaban J connectivity index is 1.50. The molecule has 28 heavy (non-hydrogen) atoms. The van der Waals surface area contributed by atoms with Gasteiger partial charge in [-0.15, -0.1) is 0 Å². The number of anilines is 2. The van der Waals surface area contributed by atoms with Crippen LogP contribution in [0.3, 0.4) is 0 Å². The molecule has 138 valence electrons. The number of carbonyl (C=O) groups is 1. The first-order valence-electron chi connectivity index (χ1n) is 8.82. The maximum Gasteiger partial charge on any atom is 0.323 e. The van der Waals surface area contributed by atoms with Crippen molar-refractivity contribution in [1.29, 1.82) is 0 Å². The summed E-state index contributed by atoms with van der Waals surface area (Å²) >= 11 is 0. The van der Waals surface area contributed by atoms with Gasteiger partial charge in [-0.3, -0.25) is 0 Å². The standard InChI is InChI=1S/C22H18N4O2/c1-15-7-5-9-17(13-15)21-25-20(26-28-21)16-8-6-12-19(14-16)24-22(27)23-18-10-3-2-4-11-18/h2-14H,1H3,(H2,23,24,27). The van der Waals surface area contributed by atoms with E-state index in [0.29, 0.717) is 17.4 Å². The van der Waals surface area contributed by atoms with E-state index >= 15 is 0 Å². The van der Waals surface area contributed by atoms with Crippen LogP contribution in [0.4, 0.5) is 16.2 Å². The minimum Gasteiger partial charge on any atom is -0.334 e. The summed E-state index contributed by atoms with van der Waals surface area (Å²) < 4.78 is 5.40. The monoisotopic (exact) mass is 370 g/mol. The number of carbonyl (C=O) groups excluding carboxylic acids is 1. The predicted octanol–water partition coefficient (Wildman–Crippen LogP) is 5.36. The Bertz CT molecular complexity index is 1110. The quantitative estimate of drug-likeness (QED) is 0.507. The highest BCUT2D eigenvalue weighted by atomic mass is 16.5. The van der Waals surface area contributed by atoms with Gasteiger partial charge in [-0.05, 0) is 43.3 Å². The maximum atomic E-state index is 12.2. The van der Waals surface area contributed by atoms with Crippen molar-refractivity contribution < 1.29 is 9.32 Å². The van der Waals surface area contributed by atoms with Gasteiger partial charge in [-0.25, -0.2) is 4.79 Å². The third kappa shape index (κ3) is 4.07. The fraction of sp³-hybridized carbons (Fsp3) is 0.0455. The van der Waals surface area contributed by atoms with Crippen molar-refractivity contribution in [2.45, 2.75) is 6.92 Å². The SMILES string of the molecule is Cc1cccc(-c2nc(-c3cccc(NC(=O)Nc4ccccc4)c3)no2)c1. The molecule has 0 saturated heterocycles. The Labute approximate surface area is 162 Å². The molecule has 0 aliphatic heterocycles. The number of nitrogens with one attached hydrogen (secondary N) is 2. The highest BCUT2D eigenvalue weighted by Gasteiger charge is 2.12. The van der Waals surface area contributed by atoms with Gasteiger partial charge in [0.1, 0.15) is 0 Å². The summed E-state index contributed by atoms with van der Waals surface area (Å²) in [4.78, 5) is 16.7. The molecule has 0 saturated carbocycles. The van der Waals surface area contributed by atoms with E-state index in [9.17, 15) is 4.79 Å². The van der Waals surface area contributed by atoms with E-state index < -0.39 is 0 Å². The number of aryl methyl sites for hydroxylation is 1. The van der Waals surface area contributed by atoms with Gasteiger partial charge in [0.15, 0.2) is 0 Å². The van der Waals surface area contributed by atoms with Crippen LogP contribution in [0.15, 0.2) is 83.4 Å². The number of hydrogen-bond donors (Lipinski definition) is 2. The first kappa shape index (κ1) is 17.5. The molecule has 6 nitrogen and oxygen atoms in total. The van der Waals surface area contributed by atoms with Gasteiger partial charge in [-0.2, -0.15) is 4.98 Å². The van der Waals surface area contributed by atoms with E-state index in [0.717, 1.165) is 22.4 Å². The van der Waals surface area contributed by atoms with E-state index in [2.05, 4.69) is 20.8 Å².